The second-order valence-corrected chi connectivity index (χ2v) is 4.78. The van der Waals surface area contributed by atoms with Crippen LogP contribution in [0.2, 0.25) is 0 Å². The molecule has 0 unspecified atom stereocenters. The van der Waals surface area contributed by atoms with E-state index in [2.05, 4.69) is 0 Å². The third-order valence-corrected chi connectivity index (χ3v) is 2.97. The maximum atomic E-state index is 11.8. The molecule has 106 valence electrons. The number of esters is 1. The summed E-state index contributed by atoms with van der Waals surface area (Å²) in [5, 5.41) is 0.712. The van der Waals surface area contributed by atoms with Crippen LogP contribution in [0.15, 0.2) is 34.3 Å². The lowest BCUT2D eigenvalue weighted by Gasteiger charge is -2.04. The van der Waals surface area contributed by atoms with Gasteiger partial charge in [0.15, 0.2) is 0 Å². The highest BCUT2D eigenvalue weighted by molar-refractivity contribution is 6.04. The molecule has 2 aromatic rings. The van der Waals surface area contributed by atoms with Gasteiger partial charge in [0.1, 0.15) is 29.3 Å². The van der Waals surface area contributed by atoms with E-state index in [0.29, 0.717) is 34.6 Å². The molecule has 0 saturated heterocycles. The van der Waals surface area contributed by atoms with Gasteiger partial charge < -0.3 is 13.9 Å². The maximum absolute atomic E-state index is 11.8. The molecule has 4 nitrogen and oxygen atoms in total. The summed E-state index contributed by atoms with van der Waals surface area (Å²) in [6.45, 7) is 6.27. The van der Waals surface area contributed by atoms with E-state index in [-0.39, 0.29) is 0 Å². The summed E-state index contributed by atoms with van der Waals surface area (Å²) < 4.78 is 16.0. The third kappa shape index (κ3) is 2.85. The predicted octanol–water partition coefficient (Wildman–Crippen LogP) is 3.87. The summed E-state index contributed by atoms with van der Waals surface area (Å²) in [5.41, 5.74) is 2.30. The van der Waals surface area contributed by atoms with Gasteiger partial charge >= 0.3 is 5.97 Å². The first-order valence-corrected chi connectivity index (χ1v) is 6.40. The first kappa shape index (κ1) is 14.2. The molecular formula is C16H18O4. The molecular weight excluding hydrogens is 256 g/mol. The minimum atomic E-state index is -0.400. The Labute approximate surface area is 118 Å². The number of aryl methyl sites for hydroxylation is 1. The van der Waals surface area contributed by atoms with E-state index >= 15 is 0 Å². The number of furan rings is 1. The number of rotatable bonds is 4. The third-order valence-electron chi connectivity index (χ3n) is 2.97. The molecule has 0 saturated carbocycles. The van der Waals surface area contributed by atoms with Crippen molar-refractivity contribution in [1.29, 1.82) is 0 Å². The number of carbonyl (C=O) groups is 1. The fourth-order valence-electron chi connectivity index (χ4n) is 1.95. The van der Waals surface area contributed by atoms with Crippen LogP contribution in [-0.2, 0) is 4.74 Å². The Kier molecular flexibility index (Phi) is 4.13. The van der Waals surface area contributed by atoms with Crippen molar-refractivity contribution >= 4 is 16.9 Å². The van der Waals surface area contributed by atoms with Crippen LogP contribution in [0.25, 0.3) is 11.0 Å². The lowest BCUT2D eigenvalue weighted by atomic mass is 10.1. The molecule has 0 amide bonds. The van der Waals surface area contributed by atoms with Crippen LogP contribution < -0.4 is 4.74 Å². The average Bonchev–Trinajstić information content (AvgIpc) is 2.73. The largest absolute Gasteiger partial charge is 0.490 e. The number of hydrogen-bond acceptors (Lipinski definition) is 4. The number of hydrogen-bond donors (Lipinski definition) is 0. The topological polar surface area (TPSA) is 48.7 Å². The van der Waals surface area contributed by atoms with Crippen LogP contribution >= 0.6 is 0 Å². The Morgan fingerprint density at radius 2 is 2.10 bits per heavy atom. The van der Waals surface area contributed by atoms with Crippen LogP contribution in [0.5, 0.6) is 5.75 Å². The molecule has 0 radical (unpaired) electrons. The van der Waals surface area contributed by atoms with Crippen LogP contribution in [0.4, 0.5) is 0 Å². The molecule has 0 aliphatic carbocycles. The van der Waals surface area contributed by atoms with E-state index in [4.69, 9.17) is 13.9 Å². The summed E-state index contributed by atoms with van der Waals surface area (Å²) in [5.74, 6) is 0.844. The Hall–Kier alpha value is -2.23. The fourth-order valence-corrected chi connectivity index (χ4v) is 1.95. The van der Waals surface area contributed by atoms with E-state index < -0.39 is 5.97 Å². The van der Waals surface area contributed by atoms with Gasteiger partial charge in [-0.3, -0.25) is 0 Å². The highest BCUT2D eigenvalue weighted by Gasteiger charge is 2.19. The molecule has 20 heavy (non-hydrogen) atoms. The molecule has 0 bridgehead atoms. The molecule has 0 aliphatic heterocycles. The predicted molar refractivity (Wildman–Crippen MR) is 77.2 cm³/mol. The van der Waals surface area contributed by atoms with Gasteiger partial charge in [-0.25, -0.2) is 4.79 Å². The number of fused-ring (bicyclic) bond motifs is 1. The van der Waals surface area contributed by atoms with Gasteiger partial charge in [-0.2, -0.15) is 0 Å². The highest BCUT2D eigenvalue weighted by Crippen LogP contribution is 2.29. The van der Waals surface area contributed by atoms with E-state index in [1.807, 2.05) is 26.0 Å². The summed E-state index contributed by atoms with van der Waals surface area (Å²) in [6.07, 6.45) is 1.99. The Morgan fingerprint density at radius 1 is 1.35 bits per heavy atom. The second kappa shape index (κ2) is 5.82. The summed E-state index contributed by atoms with van der Waals surface area (Å²) in [4.78, 5) is 11.8. The molecule has 0 spiro atoms. The van der Waals surface area contributed by atoms with Crippen LogP contribution in [0.1, 0.15) is 30.0 Å². The van der Waals surface area contributed by atoms with Gasteiger partial charge in [0, 0.05) is 5.39 Å². The zero-order valence-electron chi connectivity index (χ0n) is 12.1. The second-order valence-electron chi connectivity index (χ2n) is 4.78. The van der Waals surface area contributed by atoms with Gasteiger partial charge in [-0.05, 0) is 45.0 Å². The van der Waals surface area contributed by atoms with Crippen molar-refractivity contribution in [3.8, 4) is 5.75 Å². The van der Waals surface area contributed by atoms with Gasteiger partial charge in [-0.15, -0.1) is 0 Å². The van der Waals surface area contributed by atoms with Crippen molar-refractivity contribution in [2.45, 2.75) is 20.8 Å². The van der Waals surface area contributed by atoms with Gasteiger partial charge in [-0.1, -0.05) is 5.57 Å². The standard InChI is InChI=1S/C16H18O4/c1-10(2)7-8-19-12-5-6-14-13(9-12)15(11(3)20-14)16(17)18-4/h5-7,9H,8H2,1-4H3. The van der Waals surface area contributed by atoms with Crippen molar-refractivity contribution < 1.29 is 18.7 Å². The molecule has 0 atom stereocenters. The molecule has 1 aromatic carbocycles. The Morgan fingerprint density at radius 3 is 2.75 bits per heavy atom. The lowest BCUT2D eigenvalue weighted by Crippen LogP contribution is -2.02. The van der Waals surface area contributed by atoms with Gasteiger partial charge in [0.05, 0.1) is 7.11 Å². The van der Waals surface area contributed by atoms with Crippen molar-refractivity contribution in [3.05, 3.63) is 41.2 Å². The van der Waals surface area contributed by atoms with Crippen molar-refractivity contribution in [2.75, 3.05) is 13.7 Å². The van der Waals surface area contributed by atoms with E-state index in [1.165, 1.54) is 12.7 Å². The Bertz CT molecular complexity index is 660. The van der Waals surface area contributed by atoms with Crippen molar-refractivity contribution in [1.82, 2.24) is 0 Å². The summed E-state index contributed by atoms with van der Waals surface area (Å²) in [6, 6.07) is 5.43. The fraction of sp³-hybridized carbons (Fsp3) is 0.312. The van der Waals surface area contributed by atoms with Gasteiger partial charge in [0.25, 0.3) is 0 Å². The smallest absolute Gasteiger partial charge is 0.342 e. The maximum Gasteiger partial charge on any atom is 0.342 e. The lowest BCUT2D eigenvalue weighted by molar-refractivity contribution is 0.0601. The summed E-state index contributed by atoms with van der Waals surface area (Å²) in [7, 11) is 1.36. The zero-order chi connectivity index (χ0) is 14.7. The summed E-state index contributed by atoms with van der Waals surface area (Å²) >= 11 is 0. The van der Waals surface area contributed by atoms with E-state index in [0.717, 1.165) is 0 Å². The van der Waals surface area contributed by atoms with Crippen LogP contribution in [0, 0.1) is 6.92 Å². The highest BCUT2D eigenvalue weighted by atomic mass is 16.5. The van der Waals surface area contributed by atoms with Gasteiger partial charge in [0.2, 0.25) is 0 Å². The van der Waals surface area contributed by atoms with E-state index in [1.54, 1.807) is 19.1 Å². The quantitative estimate of drug-likeness (QED) is 0.627. The molecule has 1 aromatic heterocycles. The number of carbonyl (C=O) groups excluding carboxylic acids is 1. The minimum Gasteiger partial charge on any atom is -0.490 e. The first-order valence-electron chi connectivity index (χ1n) is 6.40. The van der Waals surface area contributed by atoms with Crippen LogP contribution in [-0.4, -0.2) is 19.7 Å². The molecule has 0 fully saturated rings. The number of benzene rings is 1. The average molecular weight is 274 g/mol. The molecule has 0 N–H and O–H groups in total. The number of ether oxygens (including phenoxy) is 2. The molecule has 4 heteroatoms. The number of methoxy groups -OCH3 is 1. The normalized spacial score (nSPS) is 10.4. The SMILES string of the molecule is COC(=O)c1c(C)oc2ccc(OCC=C(C)C)cc12. The van der Waals surface area contributed by atoms with E-state index in [9.17, 15) is 4.79 Å². The molecule has 0 aliphatic rings. The van der Waals surface area contributed by atoms with Crippen molar-refractivity contribution in [2.24, 2.45) is 0 Å². The monoisotopic (exact) mass is 274 g/mol. The number of allylic oxidation sites excluding steroid dienone is 1. The molecule has 1 heterocycles. The Balaban J connectivity index is 2.37. The minimum absolute atomic E-state index is 0.400. The first-order chi connectivity index (χ1) is 9.52. The van der Waals surface area contributed by atoms with Crippen LogP contribution in [0.3, 0.4) is 0 Å². The molecule has 2 rings (SSSR count). The van der Waals surface area contributed by atoms with Crippen molar-refractivity contribution in [3.63, 3.8) is 0 Å². The zero-order valence-corrected chi connectivity index (χ0v) is 12.1.